The molecule has 0 aliphatic carbocycles. The molecule has 1 aliphatic rings. The van der Waals surface area contributed by atoms with Crippen LogP contribution in [0.3, 0.4) is 0 Å². The molecule has 1 atom stereocenters. The summed E-state index contributed by atoms with van der Waals surface area (Å²) in [6.07, 6.45) is 0. The average molecular weight is 276 g/mol. The molecule has 1 unspecified atom stereocenters. The van der Waals surface area contributed by atoms with Crippen LogP contribution < -0.4 is 15.2 Å². The molecule has 0 saturated carbocycles. The molecule has 1 aromatic rings. The zero-order valence-corrected chi connectivity index (χ0v) is 9.80. The second kappa shape index (κ2) is 3.98. The Bertz CT molecular complexity index is 397. The van der Waals surface area contributed by atoms with Crippen LogP contribution in [0.4, 0.5) is 4.39 Å². The normalized spacial score (nSPS) is 15.5. The highest BCUT2D eigenvalue weighted by Gasteiger charge is 2.25. The minimum Gasteiger partial charge on any atom is -0.453 e. The Balaban J connectivity index is 2.56. The molecule has 0 radical (unpaired) electrons. The maximum Gasteiger partial charge on any atom is 0.231 e. The Hall–Kier alpha value is -0.810. The topological polar surface area (TPSA) is 44.5 Å². The first-order valence-electron chi connectivity index (χ1n) is 4.62. The molecule has 0 bridgehead atoms. The van der Waals surface area contributed by atoms with Crippen LogP contribution in [0.1, 0.15) is 18.4 Å². The Morgan fingerprint density at radius 3 is 3.00 bits per heavy atom. The highest BCUT2D eigenvalue weighted by Crippen LogP contribution is 2.44. The number of nitrogens with two attached hydrogens (primary N) is 1. The molecule has 0 spiro atoms. The second-order valence-electron chi connectivity index (χ2n) is 3.46. The van der Waals surface area contributed by atoms with E-state index in [-0.39, 0.29) is 18.5 Å². The largest absolute Gasteiger partial charge is 0.453 e. The van der Waals surface area contributed by atoms with Gasteiger partial charge in [-0.2, -0.15) is 0 Å². The van der Waals surface area contributed by atoms with Gasteiger partial charge in [-0.3, -0.25) is 0 Å². The summed E-state index contributed by atoms with van der Waals surface area (Å²) in [7, 11) is 0. The van der Waals surface area contributed by atoms with Crippen LogP contribution in [0.2, 0.25) is 0 Å². The van der Waals surface area contributed by atoms with E-state index in [9.17, 15) is 4.39 Å². The predicted octanol–water partition coefficient (Wildman–Crippen LogP) is 2.38. The lowest BCUT2D eigenvalue weighted by atomic mass is 10.0. The minimum atomic E-state index is -0.316. The third-order valence-electron chi connectivity index (χ3n) is 2.44. The lowest BCUT2D eigenvalue weighted by Gasteiger charge is -2.13. The smallest absolute Gasteiger partial charge is 0.231 e. The SMILES string of the molecule is CC(CN)c1c(F)cc2c(c1Br)OCO2. The number of hydrogen-bond acceptors (Lipinski definition) is 3. The Labute approximate surface area is 95.5 Å². The van der Waals surface area contributed by atoms with Gasteiger partial charge >= 0.3 is 0 Å². The third kappa shape index (κ3) is 1.70. The van der Waals surface area contributed by atoms with E-state index in [4.69, 9.17) is 15.2 Å². The summed E-state index contributed by atoms with van der Waals surface area (Å²) in [6.45, 7) is 2.38. The van der Waals surface area contributed by atoms with Crippen molar-refractivity contribution < 1.29 is 13.9 Å². The van der Waals surface area contributed by atoms with E-state index < -0.39 is 0 Å². The summed E-state index contributed by atoms with van der Waals surface area (Å²) >= 11 is 3.32. The van der Waals surface area contributed by atoms with Crippen molar-refractivity contribution in [3.05, 3.63) is 21.9 Å². The predicted molar refractivity (Wildman–Crippen MR) is 57.7 cm³/mol. The summed E-state index contributed by atoms with van der Waals surface area (Å²) in [5.74, 6) is 0.622. The van der Waals surface area contributed by atoms with Crippen molar-refractivity contribution in [2.45, 2.75) is 12.8 Å². The van der Waals surface area contributed by atoms with Crippen molar-refractivity contribution in [3.63, 3.8) is 0 Å². The van der Waals surface area contributed by atoms with Gasteiger partial charge in [0.15, 0.2) is 11.5 Å². The van der Waals surface area contributed by atoms with Crippen molar-refractivity contribution in [3.8, 4) is 11.5 Å². The van der Waals surface area contributed by atoms with Crippen LogP contribution in [0.5, 0.6) is 11.5 Å². The van der Waals surface area contributed by atoms with E-state index in [1.807, 2.05) is 6.92 Å². The van der Waals surface area contributed by atoms with Gasteiger partial charge in [-0.15, -0.1) is 0 Å². The van der Waals surface area contributed by atoms with Crippen LogP contribution in [-0.4, -0.2) is 13.3 Å². The molecule has 0 saturated heterocycles. The van der Waals surface area contributed by atoms with E-state index in [2.05, 4.69) is 15.9 Å². The van der Waals surface area contributed by atoms with Crippen LogP contribution in [0.25, 0.3) is 0 Å². The Morgan fingerprint density at radius 2 is 2.33 bits per heavy atom. The van der Waals surface area contributed by atoms with Crippen molar-refractivity contribution >= 4 is 15.9 Å². The fourth-order valence-corrected chi connectivity index (χ4v) is 2.45. The lowest BCUT2D eigenvalue weighted by molar-refractivity contribution is 0.173. The summed E-state index contributed by atoms with van der Waals surface area (Å²) in [5, 5.41) is 0. The Morgan fingerprint density at radius 1 is 1.60 bits per heavy atom. The van der Waals surface area contributed by atoms with E-state index in [0.717, 1.165) is 0 Å². The van der Waals surface area contributed by atoms with Gasteiger partial charge in [0.2, 0.25) is 6.79 Å². The molecule has 2 N–H and O–H groups in total. The van der Waals surface area contributed by atoms with Crippen LogP contribution in [-0.2, 0) is 0 Å². The first-order chi connectivity index (χ1) is 7.15. The van der Waals surface area contributed by atoms with Crippen LogP contribution >= 0.6 is 15.9 Å². The first kappa shape index (κ1) is 10.7. The molecule has 0 fully saturated rings. The van der Waals surface area contributed by atoms with Gasteiger partial charge < -0.3 is 15.2 Å². The molecule has 5 heteroatoms. The lowest BCUT2D eigenvalue weighted by Crippen LogP contribution is -2.11. The zero-order chi connectivity index (χ0) is 11.0. The van der Waals surface area contributed by atoms with Crippen molar-refractivity contribution in [1.82, 2.24) is 0 Å². The summed E-state index contributed by atoms with van der Waals surface area (Å²) in [4.78, 5) is 0. The summed E-state index contributed by atoms with van der Waals surface area (Å²) in [6, 6.07) is 1.34. The first-order valence-corrected chi connectivity index (χ1v) is 5.42. The third-order valence-corrected chi connectivity index (χ3v) is 3.23. The van der Waals surface area contributed by atoms with Gasteiger partial charge in [0, 0.05) is 11.6 Å². The van der Waals surface area contributed by atoms with Crippen molar-refractivity contribution in [2.24, 2.45) is 5.73 Å². The number of hydrogen-bond donors (Lipinski definition) is 1. The molecule has 0 aromatic heterocycles. The molecule has 1 heterocycles. The maximum absolute atomic E-state index is 13.7. The monoisotopic (exact) mass is 275 g/mol. The van der Waals surface area contributed by atoms with Crippen molar-refractivity contribution in [2.75, 3.05) is 13.3 Å². The maximum atomic E-state index is 13.7. The van der Waals surface area contributed by atoms with Gasteiger partial charge in [0.1, 0.15) is 5.82 Å². The Kier molecular flexibility index (Phi) is 2.84. The van der Waals surface area contributed by atoms with Gasteiger partial charge in [-0.05, 0) is 28.4 Å². The fraction of sp³-hybridized carbons (Fsp3) is 0.400. The van der Waals surface area contributed by atoms with Crippen LogP contribution in [0.15, 0.2) is 10.5 Å². The average Bonchev–Trinajstić information content (AvgIpc) is 2.65. The van der Waals surface area contributed by atoms with E-state index in [1.54, 1.807) is 0 Å². The quantitative estimate of drug-likeness (QED) is 0.902. The highest BCUT2D eigenvalue weighted by molar-refractivity contribution is 9.10. The molecule has 82 valence electrons. The highest BCUT2D eigenvalue weighted by atomic mass is 79.9. The molecule has 2 rings (SSSR count). The number of rotatable bonds is 2. The second-order valence-corrected chi connectivity index (χ2v) is 4.25. The van der Waals surface area contributed by atoms with Gasteiger partial charge in [-0.25, -0.2) is 4.39 Å². The van der Waals surface area contributed by atoms with E-state index >= 15 is 0 Å². The molecular formula is C10H11BrFNO2. The number of benzene rings is 1. The molecule has 1 aliphatic heterocycles. The van der Waals surface area contributed by atoms with Gasteiger partial charge in [-0.1, -0.05) is 6.92 Å². The number of halogens is 2. The van der Waals surface area contributed by atoms with Crippen molar-refractivity contribution in [1.29, 1.82) is 0 Å². The standard InChI is InChI=1S/C10H11BrFNO2/c1-5(3-13)8-6(12)2-7-10(9(8)11)15-4-14-7/h2,5H,3-4,13H2,1H3. The summed E-state index contributed by atoms with van der Waals surface area (Å²) < 4.78 is 24.7. The van der Waals surface area contributed by atoms with Crippen LogP contribution in [0, 0.1) is 5.82 Å². The van der Waals surface area contributed by atoms with E-state index in [0.29, 0.717) is 28.1 Å². The molecule has 1 aromatic carbocycles. The number of ether oxygens (including phenoxy) is 2. The molecule has 0 amide bonds. The minimum absolute atomic E-state index is 0.0612. The fourth-order valence-electron chi connectivity index (χ4n) is 1.56. The van der Waals surface area contributed by atoms with E-state index in [1.165, 1.54) is 6.07 Å². The molecule has 15 heavy (non-hydrogen) atoms. The number of fused-ring (bicyclic) bond motifs is 1. The van der Waals surface area contributed by atoms with Gasteiger partial charge in [0.05, 0.1) is 4.47 Å². The van der Waals surface area contributed by atoms with Gasteiger partial charge in [0.25, 0.3) is 0 Å². The zero-order valence-electron chi connectivity index (χ0n) is 8.22. The summed E-state index contributed by atoms with van der Waals surface area (Å²) in [5.41, 5.74) is 6.07. The molecular weight excluding hydrogens is 265 g/mol. The molecule has 3 nitrogen and oxygen atoms in total.